The molecule has 1 aromatic heterocycles. The number of imidazole rings is 1. The quantitative estimate of drug-likeness (QED) is 0.410. The van der Waals surface area contributed by atoms with E-state index >= 15 is 0 Å². The zero-order chi connectivity index (χ0) is 18.3. The summed E-state index contributed by atoms with van der Waals surface area (Å²) in [6.07, 6.45) is 4.07. The molecule has 0 N–H and O–H groups in total. The van der Waals surface area contributed by atoms with Crippen molar-refractivity contribution in [1.29, 1.82) is 0 Å². The van der Waals surface area contributed by atoms with Crippen LogP contribution in [-0.4, -0.2) is 10.4 Å². The highest BCUT2D eigenvalue weighted by Crippen LogP contribution is 2.26. The van der Waals surface area contributed by atoms with Crippen LogP contribution in [0.4, 0.5) is 0 Å². The molecule has 2 heterocycles. The van der Waals surface area contributed by atoms with Crippen LogP contribution in [0.5, 0.6) is 0 Å². The molecule has 7 heteroatoms. The molecule has 140 valence electrons. The van der Waals surface area contributed by atoms with Crippen LogP contribution in [0.15, 0.2) is 48.7 Å². The molecule has 1 aliphatic rings. The van der Waals surface area contributed by atoms with E-state index in [4.69, 9.17) is 34.8 Å². The maximum atomic E-state index is 12.8. The smallest absolute Gasteiger partial charge is 0.257 e. The number of halogens is 4. The number of nitrogens with zero attached hydrogens (tertiary/aromatic N) is 2. The fourth-order valence-electron chi connectivity index (χ4n) is 3.45. The number of aromatic nitrogens is 2. The number of carbonyl (C=O) groups excluding carboxylic acids is 1. The minimum Gasteiger partial charge on any atom is -1.00 e. The first-order valence-electron chi connectivity index (χ1n) is 8.39. The zero-order valence-electron chi connectivity index (χ0n) is 14.3. The monoisotopic (exact) mass is 484 g/mol. The summed E-state index contributed by atoms with van der Waals surface area (Å²) in [4.78, 5) is 12.8. The van der Waals surface area contributed by atoms with Gasteiger partial charge in [0, 0.05) is 21.2 Å². The van der Waals surface area contributed by atoms with Gasteiger partial charge in [-0.2, -0.15) is 0 Å². The zero-order valence-corrected chi connectivity index (χ0v) is 18.1. The number of ketones is 1. The summed E-state index contributed by atoms with van der Waals surface area (Å²) in [5.41, 5.74) is 2.69. The fraction of sp³-hybridized carbons (Fsp3) is 0.200. The van der Waals surface area contributed by atoms with Gasteiger partial charge in [-0.25, -0.2) is 9.13 Å². The Hall–Kier alpha value is -1.33. The topological polar surface area (TPSA) is 25.9 Å². The molecule has 0 unspecified atom stereocenters. The number of benzene rings is 2. The van der Waals surface area contributed by atoms with Crippen LogP contribution in [0.1, 0.15) is 22.6 Å². The molecule has 0 spiro atoms. The lowest BCUT2D eigenvalue weighted by molar-refractivity contribution is -0.689. The number of rotatable bonds is 4. The number of Topliss-reactive ketones (excluding diaryl/α,β-unsaturated/α-hetero) is 1. The van der Waals surface area contributed by atoms with Gasteiger partial charge in [0.2, 0.25) is 5.78 Å². The molecular formula is C20H16BrCl3N2O. The van der Waals surface area contributed by atoms with Crippen LogP contribution in [0.25, 0.3) is 11.3 Å². The van der Waals surface area contributed by atoms with Crippen molar-refractivity contribution in [2.45, 2.75) is 25.9 Å². The van der Waals surface area contributed by atoms with E-state index in [0.29, 0.717) is 20.6 Å². The van der Waals surface area contributed by atoms with Crippen LogP contribution in [-0.2, 0) is 19.5 Å². The molecule has 0 bridgehead atoms. The second-order valence-electron chi connectivity index (χ2n) is 6.37. The molecule has 0 saturated heterocycles. The average Bonchev–Trinajstić information content (AvgIpc) is 3.19. The van der Waals surface area contributed by atoms with E-state index < -0.39 is 0 Å². The summed E-state index contributed by atoms with van der Waals surface area (Å²) in [5, 5.41) is 1.62. The number of fused-ring (bicyclic) bond motifs is 1. The standard InChI is InChI=1S/C20H16Cl3N2O.BrH/c21-14-5-3-13(4-6-14)18-11-24(20-2-1-9-25(18)20)12-19(26)16-8-7-15(22)10-17(16)23;/h3-8,10-11H,1-2,9,12H2;1H/q+1;/p-1. The third-order valence-corrected chi connectivity index (χ3v) is 5.48. The van der Waals surface area contributed by atoms with E-state index in [2.05, 4.69) is 4.57 Å². The summed E-state index contributed by atoms with van der Waals surface area (Å²) in [7, 11) is 0. The van der Waals surface area contributed by atoms with Crippen molar-refractivity contribution in [1.82, 2.24) is 4.57 Å². The largest absolute Gasteiger partial charge is 1.00 e. The highest BCUT2D eigenvalue weighted by Gasteiger charge is 2.30. The van der Waals surface area contributed by atoms with Crippen LogP contribution in [0.3, 0.4) is 0 Å². The first kappa shape index (κ1) is 20.4. The van der Waals surface area contributed by atoms with Crippen molar-refractivity contribution in [2.75, 3.05) is 0 Å². The number of hydrogen-bond acceptors (Lipinski definition) is 1. The van der Waals surface area contributed by atoms with Gasteiger partial charge in [-0.3, -0.25) is 4.79 Å². The van der Waals surface area contributed by atoms with Crippen molar-refractivity contribution < 1.29 is 26.3 Å². The Balaban J connectivity index is 0.00000210. The molecule has 3 aromatic rings. The maximum absolute atomic E-state index is 12.8. The van der Waals surface area contributed by atoms with Gasteiger partial charge in [-0.05, 0) is 48.9 Å². The number of hydrogen-bond donors (Lipinski definition) is 0. The highest BCUT2D eigenvalue weighted by atomic mass is 79.9. The third-order valence-electron chi connectivity index (χ3n) is 4.68. The van der Waals surface area contributed by atoms with E-state index in [1.165, 1.54) is 0 Å². The summed E-state index contributed by atoms with van der Waals surface area (Å²) in [6.45, 7) is 1.21. The summed E-state index contributed by atoms with van der Waals surface area (Å²) in [6, 6.07) is 12.8. The van der Waals surface area contributed by atoms with E-state index in [0.717, 1.165) is 36.5 Å². The molecule has 0 saturated carbocycles. The molecule has 0 amide bonds. The van der Waals surface area contributed by atoms with Gasteiger partial charge in [0.1, 0.15) is 6.20 Å². The minimum absolute atomic E-state index is 0. The maximum Gasteiger partial charge on any atom is 0.257 e. The highest BCUT2D eigenvalue weighted by molar-refractivity contribution is 6.36. The Bertz CT molecular complexity index is 999. The molecule has 0 fully saturated rings. The van der Waals surface area contributed by atoms with Crippen molar-refractivity contribution in [3.8, 4) is 11.3 Å². The van der Waals surface area contributed by atoms with Gasteiger partial charge >= 0.3 is 0 Å². The SMILES string of the molecule is O=C(C[n+]1cc(-c2ccc(Cl)cc2)n2c1CCC2)c1ccc(Cl)cc1Cl.[Br-]. The van der Waals surface area contributed by atoms with Gasteiger partial charge < -0.3 is 17.0 Å². The van der Waals surface area contributed by atoms with E-state index in [1.807, 2.05) is 35.0 Å². The lowest BCUT2D eigenvalue weighted by Gasteiger charge is -2.03. The minimum atomic E-state index is -0.0281. The molecule has 0 atom stereocenters. The van der Waals surface area contributed by atoms with Crippen LogP contribution >= 0.6 is 34.8 Å². The lowest BCUT2D eigenvalue weighted by atomic mass is 10.1. The first-order valence-corrected chi connectivity index (χ1v) is 9.52. The Kier molecular flexibility index (Phi) is 6.32. The van der Waals surface area contributed by atoms with E-state index in [1.54, 1.807) is 18.2 Å². The molecular weight excluding hydrogens is 470 g/mol. The van der Waals surface area contributed by atoms with Gasteiger partial charge in [0.25, 0.3) is 5.82 Å². The normalized spacial score (nSPS) is 12.6. The van der Waals surface area contributed by atoms with Gasteiger partial charge in [-0.1, -0.05) is 34.8 Å². The summed E-state index contributed by atoms with van der Waals surface area (Å²) >= 11 is 18.1. The summed E-state index contributed by atoms with van der Waals surface area (Å²) < 4.78 is 4.31. The molecule has 27 heavy (non-hydrogen) atoms. The second-order valence-corrected chi connectivity index (χ2v) is 7.65. The average molecular weight is 487 g/mol. The first-order chi connectivity index (χ1) is 12.5. The van der Waals surface area contributed by atoms with Gasteiger partial charge in [0.05, 0.1) is 18.0 Å². The van der Waals surface area contributed by atoms with Crippen molar-refractivity contribution >= 4 is 40.6 Å². The predicted molar refractivity (Wildman–Crippen MR) is 104 cm³/mol. The third kappa shape index (κ3) is 4.09. The Morgan fingerprint density at radius 3 is 2.44 bits per heavy atom. The van der Waals surface area contributed by atoms with E-state index in [9.17, 15) is 4.79 Å². The lowest BCUT2D eigenvalue weighted by Crippen LogP contribution is -3.00. The molecule has 3 nitrogen and oxygen atoms in total. The molecule has 0 radical (unpaired) electrons. The van der Waals surface area contributed by atoms with Crippen LogP contribution < -0.4 is 21.5 Å². The Morgan fingerprint density at radius 1 is 1.04 bits per heavy atom. The fourth-order valence-corrected chi connectivity index (χ4v) is 4.09. The molecule has 1 aliphatic heterocycles. The second kappa shape index (κ2) is 8.36. The van der Waals surface area contributed by atoms with Gasteiger partial charge in [0.15, 0.2) is 12.2 Å². The Morgan fingerprint density at radius 2 is 1.74 bits per heavy atom. The predicted octanol–water partition coefficient (Wildman–Crippen LogP) is 2.24. The molecule has 2 aromatic carbocycles. The van der Waals surface area contributed by atoms with E-state index in [-0.39, 0.29) is 29.3 Å². The number of carbonyl (C=O) groups is 1. The van der Waals surface area contributed by atoms with Crippen LogP contribution in [0, 0.1) is 0 Å². The van der Waals surface area contributed by atoms with Crippen molar-refractivity contribution in [3.05, 3.63) is 75.1 Å². The summed E-state index contributed by atoms with van der Waals surface area (Å²) in [5.74, 6) is 1.13. The molecule has 4 rings (SSSR count). The Labute approximate surface area is 183 Å². The van der Waals surface area contributed by atoms with Crippen molar-refractivity contribution in [3.63, 3.8) is 0 Å². The van der Waals surface area contributed by atoms with Gasteiger partial charge in [-0.15, -0.1) is 0 Å². The van der Waals surface area contributed by atoms with Crippen molar-refractivity contribution in [2.24, 2.45) is 0 Å². The van der Waals surface area contributed by atoms with Crippen LogP contribution in [0.2, 0.25) is 15.1 Å². The molecule has 0 aliphatic carbocycles.